The molecule has 3 rings (SSSR count). The number of aryl methyl sites for hydroxylation is 1. The zero-order valence-electron chi connectivity index (χ0n) is 10.9. The van der Waals surface area contributed by atoms with Gasteiger partial charge >= 0.3 is 0 Å². The number of aromatic nitrogens is 3. The van der Waals surface area contributed by atoms with E-state index in [0.717, 1.165) is 18.6 Å². The van der Waals surface area contributed by atoms with Crippen molar-refractivity contribution < 1.29 is 18.5 Å². The SMILES string of the molecule is COCc1c(-c2nc(C3CCOC3)no2)noc1C. The summed E-state index contributed by atoms with van der Waals surface area (Å²) in [5.74, 6) is 1.93. The lowest BCUT2D eigenvalue weighted by Crippen LogP contribution is -1.99. The van der Waals surface area contributed by atoms with E-state index in [9.17, 15) is 0 Å². The predicted octanol–water partition coefficient (Wildman–Crippen LogP) is 1.68. The number of ether oxygens (including phenoxy) is 2. The van der Waals surface area contributed by atoms with E-state index in [1.165, 1.54) is 0 Å². The lowest BCUT2D eigenvalue weighted by Gasteiger charge is -1.98. The van der Waals surface area contributed by atoms with Crippen molar-refractivity contribution in [2.45, 2.75) is 25.9 Å². The Morgan fingerprint density at radius 1 is 1.32 bits per heavy atom. The number of hydrogen-bond acceptors (Lipinski definition) is 7. The van der Waals surface area contributed by atoms with Crippen molar-refractivity contribution in [2.24, 2.45) is 0 Å². The van der Waals surface area contributed by atoms with Gasteiger partial charge in [-0.1, -0.05) is 10.3 Å². The van der Waals surface area contributed by atoms with Gasteiger partial charge in [-0.05, 0) is 13.3 Å². The van der Waals surface area contributed by atoms with Gasteiger partial charge in [0.05, 0.1) is 18.8 Å². The molecule has 2 aromatic heterocycles. The van der Waals surface area contributed by atoms with E-state index in [-0.39, 0.29) is 5.92 Å². The predicted molar refractivity (Wildman–Crippen MR) is 63.4 cm³/mol. The van der Waals surface area contributed by atoms with Crippen molar-refractivity contribution in [3.63, 3.8) is 0 Å². The molecule has 1 atom stereocenters. The molecule has 0 spiro atoms. The van der Waals surface area contributed by atoms with Gasteiger partial charge < -0.3 is 18.5 Å². The highest BCUT2D eigenvalue weighted by atomic mass is 16.5. The van der Waals surface area contributed by atoms with Gasteiger partial charge in [0, 0.05) is 19.6 Å². The molecule has 1 aliphatic heterocycles. The molecule has 3 heterocycles. The van der Waals surface area contributed by atoms with Crippen LogP contribution in [0.1, 0.15) is 29.5 Å². The second-order valence-corrected chi connectivity index (χ2v) is 4.52. The van der Waals surface area contributed by atoms with Crippen molar-refractivity contribution >= 4 is 0 Å². The lowest BCUT2D eigenvalue weighted by atomic mass is 10.1. The van der Waals surface area contributed by atoms with E-state index >= 15 is 0 Å². The largest absolute Gasteiger partial charge is 0.381 e. The third-order valence-electron chi connectivity index (χ3n) is 3.21. The van der Waals surface area contributed by atoms with Gasteiger partial charge in [0.25, 0.3) is 5.89 Å². The highest BCUT2D eigenvalue weighted by Gasteiger charge is 2.26. The standard InChI is InChI=1S/C12H15N3O4/c1-7-9(6-16-2)10(14-18-7)12-13-11(15-19-12)8-3-4-17-5-8/h8H,3-6H2,1-2H3. The van der Waals surface area contributed by atoms with E-state index in [2.05, 4.69) is 15.3 Å². The van der Waals surface area contributed by atoms with E-state index in [0.29, 0.717) is 36.4 Å². The Labute approximate surface area is 109 Å². The monoisotopic (exact) mass is 265 g/mol. The summed E-state index contributed by atoms with van der Waals surface area (Å²) in [6.45, 7) is 3.61. The zero-order valence-corrected chi connectivity index (χ0v) is 10.9. The van der Waals surface area contributed by atoms with Gasteiger partial charge in [0.1, 0.15) is 5.76 Å². The number of methoxy groups -OCH3 is 1. The average molecular weight is 265 g/mol. The summed E-state index contributed by atoms with van der Waals surface area (Å²) in [6, 6.07) is 0. The van der Waals surface area contributed by atoms with Crippen LogP contribution in [0.2, 0.25) is 0 Å². The van der Waals surface area contributed by atoms with E-state index in [1.54, 1.807) is 7.11 Å². The highest BCUT2D eigenvalue weighted by molar-refractivity contribution is 5.53. The molecule has 1 fully saturated rings. The maximum Gasteiger partial charge on any atom is 0.280 e. The van der Waals surface area contributed by atoms with Crippen LogP contribution in [-0.2, 0) is 16.1 Å². The lowest BCUT2D eigenvalue weighted by molar-refractivity contribution is 0.183. The molecule has 1 saturated heterocycles. The Bertz CT molecular complexity index is 557. The van der Waals surface area contributed by atoms with Crippen LogP contribution in [0.3, 0.4) is 0 Å². The van der Waals surface area contributed by atoms with Gasteiger partial charge in [-0.3, -0.25) is 0 Å². The Kier molecular flexibility index (Phi) is 3.31. The maximum absolute atomic E-state index is 5.32. The van der Waals surface area contributed by atoms with Crippen LogP contribution in [0.15, 0.2) is 9.05 Å². The van der Waals surface area contributed by atoms with Gasteiger partial charge in [0.15, 0.2) is 11.5 Å². The van der Waals surface area contributed by atoms with Crippen molar-refractivity contribution in [3.05, 3.63) is 17.1 Å². The van der Waals surface area contributed by atoms with Crippen molar-refractivity contribution in [2.75, 3.05) is 20.3 Å². The van der Waals surface area contributed by atoms with Crippen LogP contribution in [0.5, 0.6) is 0 Å². The molecule has 0 radical (unpaired) electrons. The molecule has 0 saturated carbocycles. The first-order valence-electron chi connectivity index (χ1n) is 6.15. The van der Waals surface area contributed by atoms with Gasteiger partial charge in [0.2, 0.25) is 0 Å². The smallest absolute Gasteiger partial charge is 0.280 e. The first kappa shape index (κ1) is 12.3. The highest BCUT2D eigenvalue weighted by Crippen LogP contribution is 2.28. The van der Waals surface area contributed by atoms with Crippen LogP contribution >= 0.6 is 0 Å². The average Bonchev–Trinajstić information content (AvgIpc) is 3.10. The van der Waals surface area contributed by atoms with Crippen molar-refractivity contribution in [3.8, 4) is 11.6 Å². The molecule has 0 bridgehead atoms. The molecular weight excluding hydrogens is 250 g/mol. The Balaban J connectivity index is 1.89. The molecule has 7 nitrogen and oxygen atoms in total. The quantitative estimate of drug-likeness (QED) is 0.831. The number of rotatable bonds is 4. The van der Waals surface area contributed by atoms with Crippen LogP contribution in [-0.4, -0.2) is 35.6 Å². The van der Waals surface area contributed by atoms with Crippen LogP contribution in [0.25, 0.3) is 11.6 Å². The zero-order chi connectivity index (χ0) is 13.2. The molecule has 7 heteroatoms. The fraction of sp³-hybridized carbons (Fsp3) is 0.583. The van der Waals surface area contributed by atoms with Gasteiger partial charge in [-0.15, -0.1) is 0 Å². The molecule has 102 valence electrons. The summed E-state index contributed by atoms with van der Waals surface area (Å²) in [5, 5.41) is 7.96. The summed E-state index contributed by atoms with van der Waals surface area (Å²) < 4.78 is 20.9. The maximum atomic E-state index is 5.32. The molecule has 1 unspecified atom stereocenters. The second-order valence-electron chi connectivity index (χ2n) is 4.52. The number of hydrogen-bond donors (Lipinski definition) is 0. The third kappa shape index (κ3) is 2.26. The first-order valence-corrected chi connectivity index (χ1v) is 6.15. The summed E-state index contributed by atoms with van der Waals surface area (Å²) in [7, 11) is 1.62. The van der Waals surface area contributed by atoms with Crippen LogP contribution in [0.4, 0.5) is 0 Å². The van der Waals surface area contributed by atoms with E-state index in [1.807, 2.05) is 6.92 Å². The first-order chi connectivity index (χ1) is 9.29. The normalized spacial score (nSPS) is 19.2. The summed E-state index contributed by atoms with van der Waals surface area (Å²) >= 11 is 0. The van der Waals surface area contributed by atoms with Gasteiger partial charge in [-0.25, -0.2) is 0 Å². The number of nitrogens with zero attached hydrogens (tertiary/aromatic N) is 3. The summed E-state index contributed by atoms with van der Waals surface area (Å²) in [6.07, 6.45) is 0.918. The molecule has 0 aromatic carbocycles. The molecule has 0 amide bonds. The molecule has 19 heavy (non-hydrogen) atoms. The third-order valence-corrected chi connectivity index (χ3v) is 3.21. The Hall–Kier alpha value is -1.73. The minimum Gasteiger partial charge on any atom is -0.381 e. The molecule has 2 aromatic rings. The van der Waals surface area contributed by atoms with Gasteiger partial charge in [-0.2, -0.15) is 4.98 Å². The summed E-state index contributed by atoms with van der Waals surface area (Å²) in [5.41, 5.74) is 1.39. The molecule has 0 aliphatic carbocycles. The van der Waals surface area contributed by atoms with Crippen LogP contribution in [0, 0.1) is 6.92 Å². The fourth-order valence-electron chi connectivity index (χ4n) is 2.11. The van der Waals surface area contributed by atoms with Crippen molar-refractivity contribution in [1.29, 1.82) is 0 Å². The van der Waals surface area contributed by atoms with E-state index < -0.39 is 0 Å². The minimum absolute atomic E-state index is 0.205. The minimum atomic E-state index is 0.205. The second kappa shape index (κ2) is 5.10. The topological polar surface area (TPSA) is 83.4 Å². The van der Waals surface area contributed by atoms with E-state index in [4.69, 9.17) is 18.5 Å². The summed E-state index contributed by atoms with van der Waals surface area (Å²) in [4.78, 5) is 4.38. The molecule has 1 aliphatic rings. The van der Waals surface area contributed by atoms with Crippen molar-refractivity contribution in [1.82, 2.24) is 15.3 Å². The van der Waals surface area contributed by atoms with Crippen LogP contribution < -0.4 is 0 Å². The fourth-order valence-corrected chi connectivity index (χ4v) is 2.11. The molecule has 0 N–H and O–H groups in total. The molecular formula is C12H15N3O4. The Morgan fingerprint density at radius 3 is 2.95 bits per heavy atom. The Morgan fingerprint density at radius 2 is 2.21 bits per heavy atom.